The molecule has 0 rings (SSSR count). The summed E-state index contributed by atoms with van der Waals surface area (Å²) in [5.41, 5.74) is 0. The van der Waals surface area contributed by atoms with Crippen molar-refractivity contribution in [3.05, 3.63) is 0 Å². The number of carboxylic acids is 1. The molecule has 0 radical (unpaired) electrons. The first-order valence-electron chi connectivity index (χ1n) is 3.15. The van der Waals surface area contributed by atoms with Gasteiger partial charge in [-0.25, -0.2) is 4.79 Å². The summed E-state index contributed by atoms with van der Waals surface area (Å²) in [5, 5.41) is 16.4. The van der Waals surface area contributed by atoms with Crippen LogP contribution in [0, 0.1) is 0 Å². The Morgan fingerprint density at radius 3 is 2.83 bits per heavy atom. The number of carbonyl (C=O) groups is 1. The average molecular weight is 94.1 g/mol. The highest BCUT2D eigenvalue weighted by Crippen LogP contribution is 1.73. The Hall–Kier alpha value is -0.570. The fourth-order valence-corrected chi connectivity index (χ4v) is 0. The summed E-state index contributed by atoms with van der Waals surface area (Å²) in [7, 11) is 0. The van der Waals surface area contributed by atoms with Crippen LogP contribution >= 0.6 is 0 Å². The van der Waals surface area contributed by atoms with Crippen LogP contribution in [0.5, 0.6) is 0 Å². The van der Waals surface area contributed by atoms with E-state index in [9.17, 15) is 4.79 Å². The van der Waals surface area contributed by atoms with E-state index < -0.39 is 18.9 Å². The topological polar surface area (TPSA) is 57.5 Å². The van der Waals surface area contributed by atoms with Crippen molar-refractivity contribution in [1.82, 2.24) is 0 Å². The Balaban J connectivity index is 4.57. The van der Waals surface area contributed by atoms with Crippen molar-refractivity contribution < 1.29 is 20.5 Å². The van der Waals surface area contributed by atoms with E-state index in [-0.39, 0.29) is 0 Å². The quantitative estimate of drug-likeness (QED) is 0.458. The molecule has 0 heterocycles. The van der Waals surface area contributed by atoms with Crippen molar-refractivity contribution in [1.29, 1.82) is 0 Å². The first-order chi connectivity index (χ1) is 4.19. The third kappa shape index (κ3) is 1.72. The maximum absolute atomic E-state index is 9.87. The van der Waals surface area contributed by atoms with E-state index in [1.807, 2.05) is 0 Å². The molecule has 0 aliphatic heterocycles. The predicted molar refractivity (Wildman–Crippen MR) is 19.3 cm³/mol. The number of carboxylic acid groups (broad SMARTS) is 1. The summed E-state index contributed by atoms with van der Waals surface area (Å²) in [5.74, 6) is -2.08. The van der Waals surface area contributed by atoms with Gasteiger partial charge in [-0.3, -0.25) is 0 Å². The molecule has 0 aromatic heterocycles. The Morgan fingerprint density at radius 1 is 2.33 bits per heavy atom. The van der Waals surface area contributed by atoms with Gasteiger partial charge in [-0.2, -0.15) is 0 Å². The molecule has 0 amide bonds. The Bertz CT molecular complexity index is 148. The molecule has 3 nitrogen and oxygen atoms in total. The minimum Gasteiger partial charge on any atom is -0.479 e. The van der Waals surface area contributed by atoms with Crippen LogP contribution in [0.25, 0.3) is 0 Å². The Kier molecular flexibility index (Phi) is 0.442. The van der Waals surface area contributed by atoms with Crippen LogP contribution in [0.2, 0.25) is 0 Å². The second-order valence-electron chi connectivity index (χ2n) is 0.654. The third-order valence-corrected chi connectivity index (χ3v) is 0.203. The van der Waals surface area contributed by atoms with Crippen LogP contribution in [0.4, 0.5) is 0 Å². The van der Waals surface area contributed by atoms with Gasteiger partial charge in [-0.05, 0) is 6.85 Å². The summed E-state index contributed by atoms with van der Waals surface area (Å²) < 4.78 is 25.6. The van der Waals surface area contributed by atoms with Gasteiger partial charge in [-0.1, -0.05) is 0 Å². The molecule has 3 heteroatoms. The molecule has 0 saturated carbocycles. The first-order valence-corrected chi connectivity index (χ1v) is 1.15. The highest BCUT2D eigenvalue weighted by atomic mass is 16.4. The van der Waals surface area contributed by atoms with Crippen LogP contribution in [-0.2, 0) is 4.79 Å². The van der Waals surface area contributed by atoms with Gasteiger partial charge in [0.25, 0.3) is 0 Å². The zero-order valence-electron chi connectivity index (χ0n) is 6.80. The van der Waals surface area contributed by atoms with E-state index in [0.717, 1.165) is 0 Å². The molecule has 36 valence electrons. The van der Waals surface area contributed by atoms with Gasteiger partial charge in [0.2, 0.25) is 0 Å². The lowest BCUT2D eigenvalue weighted by Gasteiger charge is -1.89. The van der Waals surface area contributed by atoms with Gasteiger partial charge in [-0.15, -0.1) is 0 Å². The molecule has 0 aromatic rings. The van der Waals surface area contributed by atoms with Crippen LogP contribution < -0.4 is 0 Å². The second-order valence-corrected chi connectivity index (χ2v) is 0.654. The number of aliphatic carboxylic acids is 1. The molecule has 0 aliphatic carbocycles. The SMILES string of the molecule is [2H]C([2H])([2H])C([2H])(O)C(=O)O. The van der Waals surface area contributed by atoms with Crippen molar-refractivity contribution in [3.8, 4) is 0 Å². The molecule has 0 aliphatic rings. The monoisotopic (exact) mass is 94.1 g/mol. The predicted octanol–water partition coefficient (Wildman–Crippen LogP) is -0.548. The maximum atomic E-state index is 9.87. The Morgan fingerprint density at radius 2 is 2.83 bits per heavy atom. The van der Waals surface area contributed by atoms with Gasteiger partial charge in [0.05, 0.1) is 1.37 Å². The average Bonchev–Trinajstić information content (AvgIpc) is 1.62. The third-order valence-electron chi connectivity index (χ3n) is 0.203. The second kappa shape index (κ2) is 1.77. The minimum atomic E-state index is -3.40. The minimum absolute atomic E-state index is 2.08. The number of hydrogen-bond acceptors (Lipinski definition) is 2. The van der Waals surface area contributed by atoms with Gasteiger partial charge in [0.1, 0.15) is 6.08 Å². The van der Waals surface area contributed by atoms with E-state index >= 15 is 0 Å². The maximum Gasteiger partial charge on any atom is 0.332 e. The lowest BCUT2D eigenvalue weighted by atomic mass is 10.4. The summed E-state index contributed by atoms with van der Waals surface area (Å²) in [6, 6.07) is 0. The molecule has 1 atom stereocenters. The fraction of sp³-hybridized carbons (Fsp3) is 0.667. The molecule has 0 saturated heterocycles. The van der Waals surface area contributed by atoms with Crippen LogP contribution in [0.3, 0.4) is 0 Å². The fourth-order valence-electron chi connectivity index (χ4n) is 0. The molecule has 0 spiro atoms. The largest absolute Gasteiger partial charge is 0.479 e. The zero-order valence-corrected chi connectivity index (χ0v) is 2.80. The number of hydrogen-bond donors (Lipinski definition) is 2. The normalized spacial score (nSPS) is 30.8. The molecule has 0 aromatic carbocycles. The number of aliphatic hydroxyl groups is 1. The summed E-state index contributed by atoms with van der Waals surface area (Å²) in [4.78, 5) is 9.87. The molecule has 1 unspecified atom stereocenters. The molecule has 6 heavy (non-hydrogen) atoms. The smallest absolute Gasteiger partial charge is 0.332 e. The van der Waals surface area contributed by atoms with Crippen LogP contribution in [0.15, 0.2) is 0 Å². The van der Waals surface area contributed by atoms with E-state index in [2.05, 4.69) is 0 Å². The van der Waals surface area contributed by atoms with Gasteiger partial charge >= 0.3 is 5.97 Å². The Labute approximate surface area is 40.8 Å². The van der Waals surface area contributed by atoms with Crippen LogP contribution in [-0.4, -0.2) is 22.3 Å². The van der Waals surface area contributed by atoms with Gasteiger partial charge in [0.15, 0.2) is 0 Å². The van der Waals surface area contributed by atoms with E-state index in [4.69, 9.17) is 15.7 Å². The molecule has 2 N–H and O–H groups in total. The van der Waals surface area contributed by atoms with E-state index in [0.29, 0.717) is 0 Å². The highest BCUT2D eigenvalue weighted by molar-refractivity contribution is 5.71. The summed E-state index contributed by atoms with van der Waals surface area (Å²) in [6.45, 7) is -3.21. The van der Waals surface area contributed by atoms with Crippen molar-refractivity contribution in [2.24, 2.45) is 0 Å². The van der Waals surface area contributed by atoms with Gasteiger partial charge in [0, 0.05) is 4.11 Å². The standard InChI is InChI=1S/C3H6O3/c1-2(4)3(5)6/h2,4H,1H3,(H,5,6)/i1D3,2D. The van der Waals surface area contributed by atoms with Gasteiger partial charge < -0.3 is 10.2 Å². The van der Waals surface area contributed by atoms with Crippen LogP contribution in [0.1, 0.15) is 12.3 Å². The first kappa shape index (κ1) is 1.50. The molecular weight excluding hydrogens is 84.0 g/mol. The van der Waals surface area contributed by atoms with Crippen molar-refractivity contribution in [2.45, 2.75) is 12.9 Å². The molecule has 0 fully saturated rings. The van der Waals surface area contributed by atoms with E-state index in [1.54, 1.807) is 0 Å². The number of rotatable bonds is 1. The lowest BCUT2D eigenvalue weighted by molar-refractivity contribution is -0.145. The molecule has 0 bridgehead atoms. The van der Waals surface area contributed by atoms with Crippen molar-refractivity contribution >= 4 is 5.97 Å². The zero-order chi connectivity index (χ0) is 8.58. The summed E-state index contributed by atoms with van der Waals surface area (Å²) in [6.07, 6.45) is -3.40. The highest BCUT2D eigenvalue weighted by Gasteiger charge is 2.01. The summed E-state index contributed by atoms with van der Waals surface area (Å²) >= 11 is 0. The molecular formula is C3H6O3. The van der Waals surface area contributed by atoms with Crippen molar-refractivity contribution in [3.63, 3.8) is 0 Å². The lowest BCUT2D eigenvalue weighted by Crippen LogP contribution is -2.13. The van der Waals surface area contributed by atoms with Crippen molar-refractivity contribution in [2.75, 3.05) is 0 Å². The van der Waals surface area contributed by atoms with E-state index in [1.165, 1.54) is 0 Å².